The summed E-state index contributed by atoms with van der Waals surface area (Å²) in [7, 11) is 1.58. The lowest BCUT2D eigenvalue weighted by Gasteiger charge is -2.14. The summed E-state index contributed by atoms with van der Waals surface area (Å²) < 4.78 is 17.4. The Morgan fingerprint density at radius 3 is 2.50 bits per heavy atom. The van der Waals surface area contributed by atoms with Gasteiger partial charge in [-0.1, -0.05) is 59.3 Å². The van der Waals surface area contributed by atoms with Crippen molar-refractivity contribution in [2.75, 3.05) is 26.9 Å². The summed E-state index contributed by atoms with van der Waals surface area (Å²) in [5.74, 6) is 1.54. The van der Waals surface area contributed by atoms with Crippen molar-refractivity contribution in [1.29, 1.82) is 0 Å². The SMILES string of the molecule is CCN1C(=O)/C(=C/c2cc(Cl)cc(Cl)c2OCCOc2ccccc2OC)SC1=S. The second-order valence-electron chi connectivity index (χ2n) is 6.08. The minimum absolute atomic E-state index is 0.144. The number of para-hydroxylation sites is 2. The summed E-state index contributed by atoms with van der Waals surface area (Å²) >= 11 is 19.0. The molecule has 0 atom stereocenters. The maximum atomic E-state index is 12.5. The molecule has 0 saturated carbocycles. The lowest BCUT2D eigenvalue weighted by atomic mass is 10.1. The van der Waals surface area contributed by atoms with Gasteiger partial charge in [0.2, 0.25) is 0 Å². The third kappa shape index (κ3) is 5.21. The normalized spacial score (nSPS) is 15.1. The number of thiocarbonyl (C=S) groups is 1. The Morgan fingerprint density at radius 2 is 1.83 bits per heavy atom. The molecule has 1 fully saturated rings. The van der Waals surface area contributed by atoms with Crippen molar-refractivity contribution in [3.63, 3.8) is 0 Å². The molecule has 1 aliphatic heterocycles. The molecule has 0 bridgehead atoms. The van der Waals surface area contributed by atoms with Gasteiger partial charge in [0.1, 0.15) is 23.3 Å². The standard InChI is InChI=1S/C21H19Cl2NO4S2/c1-3-24-20(25)18(30-21(24)29)11-13-10-14(22)12-15(23)19(13)28-9-8-27-17-7-5-4-6-16(17)26-2/h4-7,10-12H,3,8-9H2,1-2H3/b18-11-. The quantitative estimate of drug-likeness (QED) is 0.273. The lowest BCUT2D eigenvalue weighted by molar-refractivity contribution is -0.121. The van der Waals surface area contributed by atoms with Crippen molar-refractivity contribution in [2.24, 2.45) is 0 Å². The van der Waals surface area contributed by atoms with Crippen LogP contribution in [0, 0.1) is 0 Å². The van der Waals surface area contributed by atoms with Gasteiger partial charge in [-0.15, -0.1) is 0 Å². The van der Waals surface area contributed by atoms with Crippen LogP contribution in [0.3, 0.4) is 0 Å². The van der Waals surface area contributed by atoms with Crippen molar-refractivity contribution in [1.82, 2.24) is 4.90 Å². The van der Waals surface area contributed by atoms with E-state index in [1.54, 1.807) is 30.2 Å². The average molecular weight is 484 g/mol. The zero-order valence-electron chi connectivity index (χ0n) is 16.3. The maximum absolute atomic E-state index is 12.5. The number of halogens is 2. The lowest BCUT2D eigenvalue weighted by Crippen LogP contribution is -2.27. The molecule has 5 nitrogen and oxygen atoms in total. The summed E-state index contributed by atoms with van der Waals surface area (Å²) in [5.41, 5.74) is 0.599. The first kappa shape index (κ1) is 22.7. The molecule has 1 saturated heterocycles. The molecule has 0 aromatic heterocycles. The van der Waals surface area contributed by atoms with E-state index in [9.17, 15) is 4.79 Å². The van der Waals surface area contributed by atoms with Crippen LogP contribution in [0.5, 0.6) is 17.2 Å². The van der Waals surface area contributed by atoms with Gasteiger partial charge in [0.15, 0.2) is 11.5 Å². The molecule has 3 rings (SSSR count). The van der Waals surface area contributed by atoms with Gasteiger partial charge < -0.3 is 14.2 Å². The van der Waals surface area contributed by atoms with Crippen LogP contribution >= 0.6 is 47.2 Å². The molecule has 2 aromatic carbocycles. The van der Waals surface area contributed by atoms with E-state index >= 15 is 0 Å². The van der Waals surface area contributed by atoms with Crippen LogP contribution in [-0.2, 0) is 4.79 Å². The largest absolute Gasteiger partial charge is 0.493 e. The number of thioether (sulfide) groups is 1. The molecule has 158 valence electrons. The van der Waals surface area contributed by atoms with Crippen LogP contribution in [0.15, 0.2) is 41.3 Å². The monoisotopic (exact) mass is 483 g/mol. The zero-order valence-corrected chi connectivity index (χ0v) is 19.5. The molecule has 0 spiro atoms. The van der Waals surface area contributed by atoms with Crippen molar-refractivity contribution in [2.45, 2.75) is 6.92 Å². The van der Waals surface area contributed by atoms with Gasteiger partial charge in [-0.25, -0.2) is 0 Å². The van der Waals surface area contributed by atoms with E-state index in [0.29, 0.717) is 48.6 Å². The number of rotatable bonds is 8. The first-order chi connectivity index (χ1) is 14.4. The second kappa shape index (κ2) is 10.4. The zero-order chi connectivity index (χ0) is 21.7. The Kier molecular flexibility index (Phi) is 7.88. The second-order valence-corrected chi connectivity index (χ2v) is 8.60. The highest BCUT2D eigenvalue weighted by molar-refractivity contribution is 8.26. The summed E-state index contributed by atoms with van der Waals surface area (Å²) in [6.07, 6.45) is 1.70. The Morgan fingerprint density at radius 1 is 1.13 bits per heavy atom. The van der Waals surface area contributed by atoms with E-state index in [4.69, 9.17) is 49.6 Å². The molecule has 1 aliphatic rings. The fourth-order valence-electron chi connectivity index (χ4n) is 2.79. The van der Waals surface area contributed by atoms with E-state index in [1.165, 1.54) is 11.8 Å². The van der Waals surface area contributed by atoms with Gasteiger partial charge in [0, 0.05) is 17.1 Å². The van der Waals surface area contributed by atoms with Crippen molar-refractivity contribution >= 4 is 63.5 Å². The number of nitrogens with zero attached hydrogens (tertiary/aromatic N) is 1. The van der Waals surface area contributed by atoms with Crippen LogP contribution in [0.2, 0.25) is 10.0 Å². The van der Waals surface area contributed by atoms with E-state index in [0.717, 1.165) is 0 Å². The number of methoxy groups -OCH3 is 1. The van der Waals surface area contributed by atoms with Crippen LogP contribution in [-0.4, -0.2) is 42.0 Å². The number of hydrogen-bond donors (Lipinski definition) is 0. The van der Waals surface area contributed by atoms with Crippen LogP contribution in [0.1, 0.15) is 12.5 Å². The van der Waals surface area contributed by atoms with Crippen molar-refractivity contribution in [3.05, 3.63) is 56.9 Å². The van der Waals surface area contributed by atoms with E-state index in [2.05, 4.69) is 0 Å². The predicted molar refractivity (Wildman–Crippen MR) is 126 cm³/mol. The Bertz CT molecular complexity index is 997. The van der Waals surface area contributed by atoms with Crippen LogP contribution < -0.4 is 14.2 Å². The van der Waals surface area contributed by atoms with Crippen LogP contribution in [0.25, 0.3) is 6.08 Å². The average Bonchev–Trinajstić information content (AvgIpc) is 2.99. The molecule has 1 amide bonds. The summed E-state index contributed by atoms with van der Waals surface area (Å²) in [4.78, 5) is 14.6. The van der Waals surface area contributed by atoms with Gasteiger partial charge >= 0.3 is 0 Å². The fraction of sp³-hybridized carbons (Fsp3) is 0.238. The Labute approximate surface area is 194 Å². The van der Waals surface area contributed by atoms with Gasteiger partial charge in [-0.2, -0.15) is 0 Å². The molecule has 1 heterocycles. The number of hydrogen-bond acceptors (Lipinski definition) is 6. The number of likely N-dealkylation sites (N-methyl/N-ethyl adjacent to an activating group) is 1. The number of carbonyl (C=O) groups is 1. The first-order valence-corrected chi connectivity index (χ1v) is 11.1. The van der Waals surface area contributed by atoms with Crippen molar-refractivity contribution < 1.29 is 19.0 Å². The van der Waals surface area contributed by atoms with Crippen molar-refractivity contribution in [3.8, 4) is 17.2 Å². The highest BCUT2D eigenvalue weighted by Crippen LogP contribution is 2.38. The topological polar surface area (TPSA) is 48.0 Å². The van der Waals surface area contributed by atoms with E-state index in [-0.39, 0.29) is 19.1 Å². The summed E-state index contributed by atoms with van der Waals surface area (Å²) in [6, 6.07) is 10.6. The minimum Gasteiger partial charge on any atom is -0.493 e. The van der Waals surface area contributed by atoms with Gasteiger partial charge in [-0.3, -0.25) is 9.69 Å². The van der Waals surface area contributed by atoms with Gasteiger partial charge in [0.05, 0.1) is 17.0 Å². The summed E-state index contributed by atoms with van der Waals surface area (Å²) in [5, 5.41) is 0.784. The summed E-state index contributed by atoms with van der Waals surface area (Å²) in [6.45, 7) is 2.90. The Hall–Kier alpha value is -1.93. The van der Waals surface area contributed by atoms with Crippen LogP contribution in [0.4, 0.5) is 0 Å². The first-order valence-electron chi connectivity index (χ1n) is 9.07. The fourth-order valence-corrected chi connectivity index (χ4v) is 4.73. The molecule has 2 aromatic rings. The molecular formula is C21H19Cl2NO4S2. The number of carbonyl (C=O) groups excluding carboxylic acids is 1. The molecule has 0 N–H and O–H groups in total. The molecule has 0 radical (unpaired) electrons. The molecular weight excluding hydrogens is 465 g/mol. The van der Waals surface area contributed by atoms with E-state index < -0.39 is 0 Å². The predicted octanol–water partition coefficient (Wildman–Crippen LogP) is 5.68. The third-order valence-electron chi connectivity index (χ3n) is 4.17. The highest BCUT2D eigenvalue weighted by Gasteiger charge is 2.31. The molecule has 30 heavy (non-hydrogen) atoms. The van der Waals surface area contributed by atoms with Gasteiger partial charge in [0.25, 0.3) is 5.91 Å². The van der Waals surface area contributed by atoms with E-state index in [1.807, 2.05) is 31.2 Å². The third-order valence-corrected chi connectivity index (χ3v) is 6.05. The Balaban J connectivity index is 1.75. The number of amides is 1. The van der Waals surface area contributed by atoms with Gasteiger partial charge in [-0.05, 0) is 37.3 Å². The number of benzene rings is 2. The molecule has 0 aliphatic carbocycles. The maximum Gasteiger partial charge on any atom is 0.266 e. The molecule has 0 unspecified atom stereocenters. The highest BCUT2D eigenvalue weighted by atomic mass is 35.5. The molecule has 9 heteroatoms. The number of ether oxygens (including phenoxy) is 3. The smallest absolute Gasteiger partial charge is 0.266 e. The minimum atomic E-state index is -0.144.